The number of aromatic nitrogens is 1. The predicted molar refractivity (Wildman–Crippen MR) is 69.4 cm³/mol. The lowest BCUT2D eigenvalue weighted by Crippen LogP contribution is -2.18. The molecule has 0 aromatic carbocycles. The summed E-state index contributed by atoms with van der Waals surface area (Å²) in [7, 11) is 0. The van der Waals surface area contributed by atoms with Crippen LogP contribution in [0.4, 0.5) is 4.79 Å². The van der Waals surface area contributed by atoms with Crippen LogP contribution < -0.4 is 4.67 Å². The van der Waals surface area contributed by atoms with Crippen LogP contribution in [-0.2, 0) is 12.0 Å². The summed E-state index contributed by atoms with van der Waals surface area (Å²) in [6.07, 6.45) is 2.62. The molecule has 0 spiro atoms. The van der Waals surface area contributed by atoms with Gasteiger partial charge in [0.25, 0.3) is 0 Å². The highest BCUT2D eigenvalue weighted by Gasteiger charge is 2.15. The van der Waals surface area contributed by atoms with Gasteiger partial charge in [-0.2, -0.15) is 10.3 Å². The predicted octanol–water partition coefficient (Wildman–Crippen LogP) is 2.73. The lowest BCUT2D eigenvalue weighted by Gasteiger charge is -2.19. The first-order chi connectivity index (χ1) is 8.34. The summed E-state index contributed by atoms with van der Waals surface area (Å²) in [4.78, 5) is 14.3. The number of aryl methyl sites for hydroxylation is 1. The van der Waals surface area contributed by atoms with E-state index in [0.29, 0.717) is 17.5 Å². The standard InChI is InChI=1S/C12H17N3O2S/c1-12(2,3)15-8-9(6-4-5-7-13)10(18-15)14-11(16)17/h8H,4-6H2,1-3H3,(H,16,17). The van der Waals surface area contributed by atoms with Crippen LogP contribution in [0.5, 0.6) is 0 Å². The van der Waals surface area contributed by atoms with Crippen molar-refractivity contribution in [3.8, 4) is 6.07 Å². The largest absolute Gasteiger partial charge is 0.463 e. The Bertz CT molecular complexity index is 529. The minimum Gasteiger partial charge on any atom is -0.463 e. The highest BCUT2D eigenvalue weighted by atomic mass is 32.1. The van der Waals surface area contributed by atoms with Crippen molar-refractivity contribution in [3.05, 3.63) is 16.4 Å². The highest BCUT2D eigenvalue weighted by molar-refractivity contribution is 7.04. The van der Waals surface area contributed by atoms with E-state index < -0.39 is 6.09 Å². The average Bonchev–Trinajstić information content (AvgIpc) is 2.61. The van der Waals surface area contributed by atoms with Crippen LogP contribution in [0.1, 0.15) is 39.2 Å². The number of carboxylic acid groups (broad SMARTS) is 1. The van der Waals surface area contributed by atoms with Gasteiger partial charge < -0.3 is 5.11 Å². The number of nitrogens with zero attached hydrogens (tertiary/aromatic N) is 3. The summed E-state index contributed by atoms with van der Waals surface area (Å²) in [5.74, 6) is 0. The van der Waals surface area contributed by atoms with Crippen molar-refractivity contribution in [3.63, 3.8) is 0 Å². The van der Waals surface area contributed by atoms with Crippen molar-refractivity contribution >= 4 is 17.6 Å². The van der Waals surface area contributed by atoms with E-state index in [1.165, 1.54) is 11.5 Å². The number of carbonyl (C=O) groups is 1. The third-order valence-electron chi connectivity index (χ3n) is 2.33. The zero-order chi connectivity index (χ0) is 13.8. The molecule has 0 aliphatic rings. The Kier molecular flexibility index (Phi) is 4.68. The number of nitriles is 1. The third-order valence-corrected chi connectivity index (χ3v) is 3.70. The fraction of sp³-hybridized carbons (Fsp3) is 0.583. The normalized spacial score (nSPS) is 12.4. The molecule has 0 bridgehead atoms. The van der Waals surface area contributed by atoms with Crippen molar-refractivity contribution in [2.45, 2.75) is 45.6 Å². The molecular formula is C12H17N3O2S. The zero-order valence-corrected chi connectivity index (χ0v) is 11.6. The second-order valence-corrected chi connectivity index (χ2v) is 5.92. The first-order valence-electron chi connectivity index (χ1n) is 5.71. The molecule has 1 heterocycles. The second kappa shape index (κ2) is 5.83. The van der Waals surface area contributed by atoms with E-state index in [9.17, 15) is 4.79 Å². The Hall–Kier alpha value is -1.61. The van der Waals surface area contributed by atoms with Crippen molar-refractivity contribution in [1.82, 2.24) is 3.96 Å². The number of hydrogen-bond donors (Lipinski definition) is 1. The maximum Gasteiger partial charge on any atom is 0.432 e. The van der Waals surface area contributed by atoms with Crippen LogP contribution >= 0.6 is 11.5 Å². The van der Waals surface area contributed by atoms with Gasteiger partial charge in [0.2, 0.25) is 0 Å². The molecule has 0 aliphatic carbocycles. The van der Waals surface area contributed by atoms with Crippen LogP contribution in [0.25, 0.3) is 0 Å². The summed E-state index contributed by atoms with van der Waals surface area (Å²) in [6.45, 7) is 6.15. The van der Waals surface area contributed by atoms with E-state index in [4.69, 9.17) is 10.4 Å². The summed E-state index contributed by atoms with van der Waals surface area (Å²) in [5, 5.41) is 17.3. The Morgan fingerprint density at radius 2 is 2.28 bits per heavy atom. The molecule has 1 N–H and O–H groups in total. The fourth-order valence-electron chi connectivity index (χ4n) is 1.41. The molecule has 0 aliphatic heterocycles. The Balaban J connectivity index is 3.10. The molecule has 6 heteroatoms. The molecule has 1 rings (SSSR count). The molecule has 0 radical (unpaired) electrons. The van der Waals surface area contributed by atoms with Gasteiger partial charge >= 0.3 is 6.09 Å². The smallest absolute Gasteiger partial charge is 0.432 e. The van der Waals surface area contributed by atoms with E-state index in [1.807, 2.05) is 30.9 Å². The van der Waals surface area contributed by atoms with Gasteiger partial charge in [0, 0.05) is 23.7 Å². The van der Waals surface area contributed by atoms with Crippen molar-refractivity contribution in [2.75, 3.05) is 0 Å². The van der Waals surface area contributed by atoms with Crippen LogP contribution in [0, 0.1) is 11.3 Å². The van der Waals surface area contributed by atoms with Crippen LogP contribution in [0.2, 0.25) is 0 Å². The van der Waals surface area contributed by atoms with Gasteiger partial charge in [0.1, 0.15) is 4.67 Å². The van der Waals surface area contributed by atoms with E-state index in [1.54, 1.807) is 0 Å². The first kappa shape index (κ1) is 14.5. The van der Waals surface area contributed by atoms with Gasteiger partial charge in [-0.05, 0) is 45.1 Å². The monoisotopic (exact) mass is 267 g/mol. The van der Waals surface area contributed by atoms with Gasteiger partial charge in [-0.3, -0.25) is 3.96 Å². The van der Waals surface area contributed by atoms with E-state index in [-0.39, 0.29) is 5.54 Å². The molecule has 0 fully saturated rings. The van der Waals surface area contributed by atoms with Gasteiger partial charge in [-0.1, -0.05) is 0 Å². The minimum absolute atomic E-state index is 0.0963. The van der Waals surface area contributed by atoms with Crippen LogP contribution in [0.15, 0.2) is 11.2 Å². The van der Waals surface area contributed by atoms with E-state index in [0.717, 1.165) is 12.0 Å². The Labute approximate surface area is 110 Å². The number of amides is 1. The Morgan fingerprint density at radius 1 is 1.61 bits per heavy atom. The summed E-state index contributed by atoms with van der Waals surface area (Å²) < 4.78 is 2.52. The molecule has 18 heavy (non-hydrogen) atoms. The molecule has 1 aromatic rings. The molecular weight excluding hydrogens is 250 g/mol. The molecule has 1 aromatic heterocycles. The SMILES string of the molecule is CC(C)(C)n1cc(CCCC#N)c(=NC(=O)O)s1. The molecule has 1 amide bonds. The second-order valence-electron chi connectivity index (χ2n) is 4.95. The highest BCUT2D eigenvalue weighted by Crippen LogP contribution is 2.17. The maximum atomic E-state index is 10.7. The van der Waals surface area contributed by atoms with Crippen molar-refractivity contribution in [1.29, 1.82) is 5.26 Å². The quantitative estimate of drug-likeness (QED) is 0.855. The number of hydrogen-bond acceptors (Lipinski definition) is 3. The fourth-order valence-corrected chi connectivity index (χ4v) is 2.44. The van der Waals surface area contributed by atoms with Gasteiger partial charge in [0.05, 0.1) is 6.07 Å². The number of rotatable bonds is 3. The molecule has 98 valence electrons. The van der Waals surface area contributed by atoms with Gasteiger partial charge in [-0.15, -0.1) is 0 Å². The molecule has 0 saturated carbocycles. The zero-order valence-electron chi connectivity index (χ0n) is 10.8. The van der Waals surface area contributed by atoms with E-state index >= 15 is 0 Å². The maximum absolute atomic E-state index is 10.7. The topological polar surface area (TPSA) is 78.4 Å². The summed E-state index contributed by atoms with van der Waals surface area (Å²) in [6, 6.07) is 2.08. The van der Waals surface area contributed by atoms with Gasteiger partial charge in [0.15, 0.2) is 0 Å². The molecule has 5 nitrogen and oxygen atoms in total. The summed E-state index contributed by atoms with van der Waals surface area (Å²) in [5.41, 5.74) is 0.800. The number of unbranched alkanes of at least 4 members (excludes halogenated alkanes) is 1. The lowest BCUT2D eigenvalue weighted by atomic mass is 10.1. The van der Waals surface area contributed by atoms with Crippen molar-refractivity contribution < 1.29 is 9.90 Å². The van der Waals surface area contributed by atoms with E-state index in [2.05, 4.69) is 11.1 Å². The first-order valence-corrected chi connectivity index (χ1v) is 6.49. The summed E-state index contributed by atoms with van der Waals surface area (Å²) >= 11 is 1.34. The minimum atomic E-state index is -1.18. The Morgan fingerprint density at radius 3 is 2.78 bits per heavy atom. The van der Waals surface area contributed by atoms with Crippen LogP contribution in [-0.4, -0.2) is 15.2 Å². The molecule has 0 unspecified atom stereocenters. The van der Waals surface area contributed by atoms with Gasteiger partial charge in [-0.25, -0.2) is 4.79 Å². The third kappa shape index (κ3) is 4.00. The lowest BCUT2D eigenvalue weighted by molar-refractivity contribution is 0.205. The molecule has 0 atom stereocenters. The average molecular weight is 267 g/mol. The molecule has 0 saturated heterocycles. The van der Waals surface area contributed by atoms with Crippen molar-refractivity contribution in [2.24, 2.45) is 4.99 Å². The van der Waals surface area contributed by atoms with Crippen LogP contribution in [0.3, 0.4) is 0 Å².